The molecule has 1 spiro atoms. The predicted molar refractivity (Wildman–Crippen MR) is 107 cm³/mol. The highest BCUT2D eigenvalue weighted by Gasteiger charge is 2.41. The van der Waals surface area contributed by atoms with E-state index in [1.165, 1.54) is 48.6 Å². The largest absolute Gasteiger partial charge is 0.497 e. The summed E-state index contributed by atoms with van der Waals surface area (Å²) in [6.07, 6.45) is 10.2. The predicted octanol–water partition coefficient (Wildman–Crippen LogP) is 4.76. The third-order valence-electron chi connectivity index (χ3n) is 6.04. The summed E-state index contributed by atoms with van der Waals surface area (Å²) in [5.41, 5.74) is 5.31. The molecule has 0 aliphatic heterocycles. The van der Waals surface area contributed by atoms with Crippen LogP contribution in [0.15, 0.2) is 47.6 Å². The Kier molecular flexibility index (Phi) is 4.58. The fourth-order valence-electron chi connectivity index (χ4n) is 4.63. The second-order valence-corrected chi connectivity index (χ2v) is 9.87. The van der Waals surface area contributed by atoms with Crippen LogP contribution in [0.5, 0.6) is 5.75 Å². The molecule has 5 heteroatoms. The minimum atomic E-state index is -3.28. The van der Waals surface area contributed by atoms with E-state index >= 15 is 0 Å². The van der Waals surface area contributed by atoms with Crippen molar-refractivity contribution in [3.8, 4) is 5.75 Å². The maximum atomic E-state index is 11.7. The van der Waals surface area contributed by atoms with Gasteiger partial charge in [-0.2, -0.15) is 0 Å². The summed E-state index contributed by atoms with van der Waals surface area (Å²) in [6, 6.07) is 11.8. The van der Waals surface area contributed by atoms with Crippen LogP contribution in [0.3, 0.4) is 0 Å². The fraction of sp³-hybridized carbons (Fsp3) is 0.409. The normalized spacial score (nSPS) is 19.0. The zero-order valence-electron chi connectivity index (χ0n) is 15.9. The first-order chi connectivity index (χ1) is 12.9. The van der Waals surface area contributed by atoms with Gasteiger partial charge in [-0.25, -0.2) is 13.4 Å². The van der Waals surface area contributed by atoms with Gasteiger partial charge in [-0.1, -0.05) is 31.0 Å². The number of sulfone groups is 1. The molecular formula is C22H25NO3S. The summed E-state index contributed by atoms with van der Waals surface area (Å²) < 4.78 is 28.8. The van der Waals surface area contributed by atoms with Gasteiger partial charge in [-0.05, 0) is 71.6 Å². The fourth-order valence-corrected chi connectivity index (χ4v) is 5.19. The number of aromatic nitrogens is 1. The SMILES string of the molecule is COc1ccc(C2=C(c3ccc(S(C)(=O)=O)nc3)CC3(CCCC3)C2)cc1. The van der Waals surface area contributed by atoms with Gasteiger partial charge in [0.15, 0.2) is 14.9 Å². The molecule has 1 fully saturated rings. The Morgan fingerprint density at radius 2 is 1.52 bits per heavy atom. The highest BCUT2D eigenvalue weighted by molar-refractivity contribution is 7.90. The number of ether oxygens (including phenoxy) is 1. The van der Waals surface area contributed by atoms with Gasteiger partial charge < -0.3 is 4.74 Å². The first kappa shape index (κ1) is 18.2. The Labute approximate surface area is 161 Å². The molecule has 0 saturated heterocycles. The van der Waals surface area contributed by atoms with Gasteiger partial charge in [0.1, 0.15) is 5.75 Å². The van der Waals surface area contributed by atoms with Crippen molar-refractivity contribution in [1.29, 1.82) is 0 Å². The molecule has 1 heterocycles. The van der Waals surface area contributed by atoms with Crippen molar-refractivity contribution in [1.82, 2.24) is 4.98 Å². The van der Waals surface area contributed by atoms with E-state index in [9.17, 15) is 8.42 Å². The summed E-state index contributed by atoms with van der Waals surface area (Å²) in [7, 11) is -1.60. The first-order valence-corrected chi connectivity index (χ1v) is 11.3. The molecule has 4 nitrogen and oxygen atoms in total. The van der Waals surface area contributed by atoms with E-state index in [0.29, 0.717) is 5.41 Å². The molecule has 4 rings (SSSR count). The Morgan fingerprint density at radius 3 is 2.04 bits per heavy atom. The number of rotatable bonds is 4. The van der Waals surface area contributed by atoms with Crippen LogP contribution in [0.4, 0.5) is 0 Å². The Balaban J connectivity index is 1.76. The van der Waals surface area contributed by atoms with Gasteiger partial charge in [-0.15, -0.1) is 0 Å². The maximum absolute atomic E-state index is 11.7. The quantitative estimate of drug-likeness (QED) is 0.764. The van der Waals surface area contributed by atoms with Crippen molar-refractivity contribution in [2.45, 2.75) is 43.6 Å². The molecule has 2 aromatic rings. The molecule has 0 unspecified atom stereocenters. The van der Waals surface area contributed by atoms with Crippen LogP contribution < -0.4 is 4.74 Å². The lowest BCUT2D eigenvalue weighted by atomic mass is 9.81. The number of benzene rings is 1. The number of hydrogen-bond donors (Lipinski definition) is 0. The zero-order chi connectivity index (χ0) is 19.1. The molecule has 2 aliphatic carbocycles. The minimum absolute atomic E-state index is 0.131. The summed E-state index contributed by atoms with van der Waals surface area (Å²) in [6.45, 7) is 0. The highest BCUT2D eigenvalue weighted by atomic mass is 32.2. The summed E-state index contributed by atoms with van der Waals surface area (Å²) >= 11 is 0. The monoisotopic (exact) mass is 383 g/mol. The van der Waals surface area contributed by atoms with Crippen LogP contribution in [-0.4, -0.2) is 26.8 Å². The standard InChI is InChI=1S/C22H25NO3S/c1-26-18-8-5-16(6-9-18)19-13-22(11-3-4-12-22)14-20(19)17-7-10-21(23-15-17)27(2,24)25/h5-10,15H,3-4,11-14H2,1-2H3. The van der Waals surface area contributed by atoms with Crippen molar-refractivity contribution in [2.75, 3.05) is 13.4 Å². The number of hydrogen-bond acceptors (Lipinski definition) is 4. The molecule has 0 bridgehead atoms. The van der Waals surface area contributed by atoms with Crippen LogP contribution in [-0.2, 0) is 9.84 Å². The lowest BCUT2D eigenvalue weighted by Gasteiger charge is -2.23. The van der Waals surface area contributed by atoms with Gasteiger partial charge in [0.2, 0.25) is 0 Å². The van der Waals surface area contributed by atoms with Gasteiger partial charge in [-0.3, -0.25) is 0 Å². The van der Waals surface area contributed by atoms with Gasteiger partial charge in [0, 0.05) is 12.5 Å². The second-order valence-electron chi connectivity index (χ2n) is 7.90. The first-order valence-electron chi connectivity index (χ1n) is 9.43. The van der Waals surface area contributed by atoms with Crippen molar-refractivity contribution >= 4 is 21.0 Å². The van der Waals surface area contributed by atoms with Crippen LogP contribution in [0, 0.1) is 5.41 Å². The lowest BCUT2D eigenvalue weighted by molar-refractivity contribution is 0.330. The molecule has 0 radical (unpaired) electrons. The molecule has 1 aromatic carbocycles. The van der Waals surface area contributed by atoms with E-state index in [0.717, 1.165) is 24.2 Å². The molecular weight excluding hydrogens is 358 g/mol. The Hall–Kier alpha value is -2.14. The molecule has 2 aliphatic rings. The van der Waals surface area contributed by atoms with E-state index in [4.69, 9.17) is 4.74 Å². The molecule has 1 saturated carbocycles. The number of allylic oxidation sites excluding steroid dienone is 2. The maximum Gasteiger partial charge on any atom is 0.192 e. The smallest absolute Gasteiger partial charge is 0.192 e. The molecule has 0 amide bonds. The van der Waals surface area contributed by atoms with Gasteiger partial charge >= 0.3 is 0 Å². The number of pyridine rings is 1. The van der Waals surface area contributed by atoms with Crippen LogP contribution in [0.2, 0.25) is 0 Å². The second kappa shape index (κ2) is 6.79. The third-order valence-corrected chi connectivity index (χ3v) is 7.04. The van der Waals surface area contributed by atoms with Gasteiger partial charge in [0.05, 0.1) is 7.11 Å². The third kappa shape index (κ3) is 3.53. The van der Waals surface area contributed by atoms with Crippen molar-refractivity contribution in [3.05, 3.63) is 53.7 Å². The van der Waals surface area contributed by atoms with Crippen LogP contribution in [0.25, 0.3) is 11.1 Å². The van der Waals surface area contributed by atoms with Crippen LogP contribution >= 0.6 is 0 Å². The van der Waals surface area contributed by atoms with E-state index in [-0.39, 0.29) is 5.03 Å². The van der Waals surface area contributed by atoms with Crippen LogP contribution in [0.1, 0.15) is 49.7 Å². The number of nitrogens with zero attached hydrogens (tertiary/aromatic N) is 1. The lowest BCUT2D eigenvalue weighted by Crippen LogP contribution is -2.11. The van der Waals surface area contributed by atoms with E-state index in [1.54, 1.807) is 19.4 Å². The van der Waals surface area contributed by atoms with E-state index in [1.807, 2.05) is 18.2 Å². The zero-order valence-corrected chi connectivity index (χ0v) is 16.7. The molecule has 142 valence electrons. The topological polar surface area (TPSA) is 56.3 Å². The summed E-state index contributed by atoms with van der Waals surface area (Å²) in [5.74, 6) is 0.855. The van der Waals surface area contributed by atoms with Crippen molar-refractivity contribution < 1.29 is 13.2 Å². The average molecular weight is 384 g/mol. The molecule has 0 N–H and O–H groups in total. The Morgan fingerprint density at radius 1 is 0.926 bits per heavy atom. The van der Waals surface area contributed by atoms with Gasteiger partial charge in [0.25, 0.3) is 0 Å². The van der Waals surface area contributed by atoms with Crippen molar-refractivity contribution in [2.24, 2.45) is 5.41 Å². The molecule has 27 heavy (non-hydrogen) atoms. The Bertz CT molecular complexity index is 967. The molecule has 0 atom stereocenters. The number of methoxy groups -OCH3 is 1. The minimum Gasteiger partial charge on any atom is -0.497 e. The summed E-state index contributed by atoms with van der Waals surface area (Å²) in [4.78, 5) is 4.22. The average Bonchev–Trinajstić information content (AvgIpc) is 3.28. The van der Waals surface area contributed by atoms with Crippen molar-refractivity contribution in [3.63, 3.8) is 0 Å². The van der Waals surface area contributed by atoms with E-state index in [2.05, 4.69) is 17.1 Å². The highest BCUT2D eigenvalue weighted by Crippen LogP contribution is 2.57. The summed E-state index contributed by atoms with van der Waals surface area (Å²) in [5, 5.41) is 0.131. The molecule has 1 aromatic heterocycles. The van der Waals surface area contributed by atoms with E-state index < -0.39 is 9.84 Å².